The second kappa shape index (κ2) is 6.24. The molecule has 2 aromatic carbocycles. The molecule has 0 bridgehead atoms. The first-order valence-corrected chi connectivity index (χ1v) is 7.21. The molecule has 2 aromatic rings. The Morgan fingerprint density at radius 3 is 2.47 bits per heavy atom. The normalized spacial score (nSPS) is 14.1. The Labute approximate surface area is 118 Å². The summed E-state index contributed by atoms with van der Waals surface area (Å²) in [5.41, 5.74) is 0.950. The zero-order valence-corrected chi connectivity index (χ0v) is 11.7. The van der Waals surface area contributed by atoms with Crippen molar-refractivity contribution >= 4 is 11.8 Å². The van der Waals surface area contributed by atoms with Gasteiger partial charge in [0.1, 0.15) is 0 Å². The predicted octanol–water partition coefficient (Wildman–Crippen LogP) is 3.18. The summed E-state index contributed by atoms with van der Waals surface area (Å²) in [7, 11) is 0. The molecule has 2 nitrogen and oxygen atoms in total. The van der Waals surface area contributed by atoms with Crippen LogP contribution in [-0.4, -0.2) is 16.0 Å². The van der Waals surface area contributed by atoms with E-state index in [1.807, 2.05) is 61.5 Å². The second-order valence-electron chi connectivity index (χ2n) is 4.73. The molecule has 0 aromatic heterocycles. The van der Waals surface area contributed by atoms with Crippen molar-refractivity contribution in [3.63, 3.8) is 0 Å². The van der Waals surface area contributed by atoms with E-state index >= 15 is 0 Å². The Balaban J connectivity index is 2.05. The minimum atomic E-state index is -0.860. The van der Waals surface area contributed by atoms with Gasteiger partial charge in [0, 0.05) is 10.6 Å². The fourth-order valence-electron chi connectivity index (χ4n) is 1.84. The van der Waals surface area contributed by atoms with Gasteiger partial charge in [-0.05, 0) is 30.2 Å². The molecule has 0 amide bonds. The first kappa shape index (κ1) is 14.1. The Morgan fingerprint density at radius 1 is 1.05 bits per heavy atom. The molecule has 0 saturated carbocycles. The molecule has 0 aliphatic carbocycles. The largest absolute Gasteiger partial charge is 0.392 e. The van der Waals surface area contributed by atoms with Crippen molar-refractivity contribution < 1.29 is 10.2 Å². The molecule has 0 saturated heterocycles. The molecule has 0 aliphatic rings. The van der Waals surface area contributed by atoms with Crippen molar-refractivity contribution in [1.82, 2.24) is 0 Å². The maximum Gasteiger partial charge on any atom is 0.0962 e. The third-order valence-corrected chi connectivity index (χ3v) is 4.29. The summed E-state index contributed by atoms with van der Waals surface area (Å²) in [5, 5.41) is 19.6. The molecule has 19 heavy (non-hydrogen) atoms. The number of benzene rings is 2. The van der Waals surface area contributed by atoms with Gasteiger partial charge in [-0.2, -0.15) is 0 Å². The van der Waals surface area contributed by atoms with Crippen molar-refractivity contribution in [3.05, 3.63) is 65.7 Å². The first-order valence-electron chi connectivity index (χ1n) is 6.22. The molecular weight excluding hydrogens is 256 g/mol. The molecule has 0 radical (unpaired) electrons. The van der Waals surface area contributed by atoms with Gasteiger partial charge in [0.15, 0.2) is 0 Å². The first-order chi connectivity index (χ1) is 9.12. The maximum absolute atomic E-state index is 10.5. The molecule has 1 unspecified atom stereocenters. The quantitative estimate of drug-likeness (QED) is 0.823. The van der Waals surface area contributed by atoms with Gasteiger partial charge in [0.05, 0.1) is 12.2 Å². The van der Waals surface area contributed by atoms with Crippen LogP contribution in [0.5, 0.6) is 0 Å². The summed E-state index contributed by atoms with van der Waals surface area (Å²) in [4.78, 5) is 1.06. The molecule has 0 aliphatic heterocycles. The van der Waals surface area contributed by atoms with Crippen molar-refractivity contribution in [2.75, 3.05) is 5.75 Å². The van der Waals surface area contributed by atoms with Gasteiger partial charge < -0.3 is 10.2 Å². The minimum absolute atomic E-state index is 0.0451. The summed E-state index contributed by atoms with van der Waals surface area (Å²) in [6, 6.07) is 17.4. The average molecular weight is 274 g/mol. The highest BCUT2D eigenvalue weighted by atomic mass is 32.2. The Bertz CT molecular complexity index is 523. The number of aliphatic hydroxyl groups excluding tert-OH is 1. The lowest BCUT2D eigenvalue weighted by Gasteiger charge is -2.23. The lowest BCUT2D eigenvalue weighted by Crippen LogP contribution is -2.24. The van der Waals surface area contributed by atoms with E-state index in [0.717, 1.165) is 16.0 Å². The SMILES string of the molecule is CC(O)(CSc1cccc(CO)c1)c1ccccc1. The molecule has 100 valence electrons. The number of hydrogen-bond acceptors (Lipinski definition) is 3. The smallest absolute Gasteiger partial charge is 0.0962 e. The van der Waals surface area contributed by atoms with Crippen molar-refractivity contribution in [2.24, 2.45) is 0 Å². The van der Waals surface area contributed by atoms with Gasteiger partial charge >= 0.3 is 0 Å². The van der Waals surface area contributed by atoms with E-state index in [9.17, 15) is 5.11 Å². The third-order valence-electron chi connectivity index (χ3n) is 3.00. The minimum Gasteiger partial charge on any atom is -0.392 e. The highest BCUT2D eigenvalue weighted by molar-refractivity contribution is 7.99. The molecule has 3 heteroatoms. The van der Waals surface area contributed by atoms with Crippen LogP contribution in [0.2, 0.25) is 0 Å². The number of rotatable bonds is 5. The average Bonchev–Trinajstić information content (AvgIpc) is 2.46. The Kier molecular flexibility index (Phi) is 4.64. The molecule has 2 N–H and O–H groups in total. The van der Waals surface area contributed by atoms with Crippen LogP contribution in [0.3, 0.4) is 0 Å². The Hall–Kier alpha value is -1.29. The fourth-order valence-corrected chi connectivity index (χ4v) is 2.86. The topological polar surface area (TPSA) is 40.5 Å². The molecule has 0 spiro atoms. The van der Waals surface area contributed by atoms with Crippen molar-refractivity contribution in [2.45, 2.75) is 24.0 Å². The summed E-state index contributed by atoms with van der Waals surface area (Å²) in [5.74, 6) is 0.575. The van der Waals surface area contributed by atoms with Gasteiger partial charge in [-0.15, -0.1) is 11.8 Å². The van der Waals surface area contributed by atoms with E-state index in [1.54, 1.807) is 11.8 Å². The summed E-state index contributed by atoms with van der Waals surface area (Å²) >= 11 is 1.59. The second-order valence-corrected chi connectivity index (χ2v) is 5.78. The van der Waals surface area contributed by atoms with Crippen LogP contribution in [0, 0.1) is 0 Å². The van der Waals surface area contributed by atoms with Gasteiger partial charge in [-0.1, -0.05) is 42.5 Å². The van der Waals surface area contributed by atoms with Crippen LogP contribution < -0.4 is 0 Å². The lowest BCUT2D eigenvalue weighted by molar-refractivity contribution is 0.0839. The van der Waals surface area contributed by atoms with E-state index in [1.165, 1.54) is 0 Å². The number of aliphatic hydroxyl groups is 2. The van der Waals surface area contributed by atoms with Crippen LogP contribution in [-0.2, 0) is 12.2 Å². The van der Waals surface area contributed by atoms with Gasteiger partial charge in [-0.3, -0.25) is 0 Å². The Morgan fingerprint density at radius 2 is 1.79 bits per heavy atom. The van der Waals surface area contributed by atoms with E-state index in [-0.39, 0.29) is 6.61 Å². The molecule has 0 heterocycles. The lowest BCUT2D eigenvalue weighted by atomic mass is 9.99. The molecule has 2 rings (SSSR count). The van der Waals surface area contributed by atoms with Crippen LogP contribution in [0.25, 0.3) is 0 Å². The van der Waals surface area contributed by atoms with Crippen LogP contribution in [0.15, 0.2) is 59.5 Å². The monoisotopic (exact) mass is 274 g/mol. The number of hydrogen-bond donors (Lipinski definition) is 2. The van der Waals surface area contributed by atoms with Gasteiger partial charge in [-0.25, -0.2) is 0 Å². The third kappa shape index (κ3) is 3.83. The molecule has 1 atom stereocenters. The van der Waals surface area contributed by atoms with Gasteiger partial charge in [0.2, 0.25) is 0 Å². The molecule has 0 fully saturated rings. The number of thioether (sulfide) groups is 1. The maximum atomic E-state index is 10.5. The predicted molar refractivity (Wildman–Crippen MR) is 79.1 cm³/mol. The highest BCUT2D eigenvalue weighted by Crippen LogP contribution is 2.29. The zero-order valence-electron chi connectivity index (χ0n) is 10.9. The van der Waals surface area contributed by atoms with Gasteiger partial charge in [0.25, 0.3) is 0 Å². The zero-order chi connectivity index (χ0) is 13.7. The summed E-state index contributed by atoms with van der Waals surface area (Å²) in [6.07, 6.45) is 0. The van der Waals surface area contributed by atoms with Crippen LogP contribution in [0.1, 0.15) is 18.1 Å². The van der Waals surface area contributed by atoms with E-state index < -0.39 is 5.60 Å². The molecular formula is C16H18O2S. The van der Waals surface area contributed by atoms with Crippen molar-refractivity contribution in [1.29, 1.82) is 0 Å². The van der Waals surface area contributed by atoms with E-state index in [2.05, 4.69) is 0 Å². The van der Waals surface area contributed by atoms with E-state index in [0.29, 0.717) is 5.75 Å². The van der Waals surface area contributed by atoms with Crippen LogP contribution >= 0.6 is 11.8 Å². The summed E-state index contributed by atoms with van der Waals surface area (Å²) in [6.45, 7) is 1.87. The van der Waals surface area contributed by atoms with Crippen LogP contribution in [0.4, 0.5) is 0 Å². The van der Waals surface area contributed by atoms with E-state index in [4.69, 9.17) is 5.11 Å². The standard InChI is InChI=1S/C16H18O2S/c1-16(18,14-7-3-2-4-8-14)12-19-15-9-5-6-13(10-15)11-17/h2-10,17-18H,11-12H2,1H3. The summed E-state index contributed by atoms with van der Waals surface area (Å²) < 4.78 is 0. The fraction of sp³-hybridized carbons (Fsp3) is 0.250. The highest BCUT2D eigenvalue weighted by Gasteiger charge is 2.22. The van der Waals surface area contributed by atoms with Crippen molar-refractivity contribution in [3.8, 4) is 0 Å².